The molecule has 0 bridgehead atoms. The Morgan fingerprint density at radius 3 is 2.70 bits per heavy atom. The molecule has 27 heavy (non-hydrogen) atoms. The number of hydrogen-bond acceptors (Lipinski definition) is 3. The minimum absolute atomic E-state index is 0.0177. The van der Waals surface area contributed by atoms with Crippen molar-refractivity contribution >= 4 is 5.91 Å². The number of halogens is 3. The molecule has 1 aromatic carbocycles. The van der Waals surface area contributed by atoms with E-state index in [4.69, 9.17) is 0 Å². The highest BCUT2D eigenvalue weighted by molar-refractivity contribution is 5.95. The second-order valence-corrected chi connectivity index (χ2v) is 6.67. The van der Waals surface area contributed by atoms with Crippen LogP contribution in [0.3, 0.4) is 0 Å². The molecule has 1 N–H and O–H groups in total. The number of aromatic nitrogens is 1. The molecule has 2 aromatic rings. The normalized spacial score (nSPS) is 17.8. The minimum atomic E-state index is -4.43. The number of likely N-dealkylation sites (tertiary alicyclic amines) is 1. The quantitative estimate of drug-likeness (QED) is 0.870. The van der Waals surface area contributed by atoms with Crippen LogP contribution in [0.15, 0.2) is 42.6 Å². The van der Waals surface area contributed by atoms with E-state index in [9.17, 15) is 23.1 Å². The van der Waals surface area contributed by atoms with Gasteiger partial charge in [-0.1, -0.05) is 12.1 Å². The minimum Gasteiger partial charge on any atom is -0.396 e. The lowest BCUT2D eigenvalue weighted by Gasteiger charge is -2.35. The molecule has 0 radical (unpaired) electrons. The van der Waals surface area contributed by atoms with E-state index in [1.165, 1.54) is 6.07 Å². The van der Waals surface area contributed by atoms with Gasteiger partial charge in [0.15, 0.2) is 0 Å². The highest BCUT2D eigenvalue weighted by atomic mass is 19.4. The Kier molecular flexibility index (Phi) is 5.79. The van der Waals surface area contributed by atoms with Crippen LogP contribution in [0.25, 0.3) is 11.3 Å². The number of carbonyl (C=O) groups excluding carboxylic acids is 1. The zero-order chi connectivity index (χ0) is 19.4. The van der Waals surface area contributed by atoms with Crippen LogP contribution in [0.4, 0.5) is 13.2 Å². The lowest BCUT2D eigenvalue weighted by atomic mass is 9.98. The molecule has 0 aliphatic carbocycles. The van der Waals surface area contributed by atoms with E-state index >= 15 is 0 Å². The molecule has 0 saturated carbocycles. The Morgan fingerprint density at radius 1 is 1.22 bits per heavy atom. The van der Waals surface area contributed by atoms with Crippen molar-refractivity contribution in [3.63, 3.8) is 0 Å². The van der Waals surface area contributed by atoms with E-state index < -0.39 is 11.7 Å². The molecule has 1 fully saturated rings. The third-order valence-corrected chi connectivity index (χ3v) is 4.85. The van der Waals surface area contributed by atoms with Gasteiger partial charge in [0.05, 0.1) is 11.3 Å². The molecule has 1 amide bonds. The van der Waals surface area contributed by atoms with Crippen molar-refractivity contribution in [1.29, 1.82) is 0 Å². The fourth-order valence-corrected chi connectivity index (χ4v) is 3.43. The van der Waals surface area contributed by atoms with Crippen LogP contribution >= 0.6 is 0 Å². The highest BCUT2D eigenvalue weighted by Crippen LogP contribution is 2.30. The molecule has 7 heteroatoms. The van der Waals surface area contributed by atoms with E-state index in [0.717, 1.165) is 31.5 Å². The smallest absolute Gasteiger partial charge is 0.396 e. The number of hydrogen-bond donors (Lipinski definition) is 1. The molecule has 0 spiro atoms. The summed E-state index contributed by atoms with van der Waals surface area (Å²) in [7, 11) is 0. The zero-order valence-corrected chi connectivity index (χ0v) is 14.7. The predicted octanol–water partition coefficient (Wildman–Crippen LogP) is 4.14. The summed E-state index contributed by atoms with van der Waals surface area (Å²) in [6.07, 6.45) is -0.263. The zero-order valence-electron chi connectivity index (χ0n) is 14.7. The van der Waals surface area contributed by atoms with Gasteiger partial charge in [0, 0.05) is 36.5 Å². The number of carbonyl (C=O) groups is 1. The van der Waals surface area contributed by atoms with Crippen molar-refractivity contribution in [2.45, 2.75) is 37.9 Å². The second kappa shape index (κ2) is 8.08. The van der Waals surface area contributed by atoms with Crippen molar-refractivity contribution in [3.05, 3.63) is 53.7 Å². The predicted molar refractivity (Wildman–Crippen MR) is 95.1 cm³/mol. The lowest BCUT2D eigenvalue weighted by Crippen LogP contribution is -2.44. The van der Waals surface area contributed by atoms with Gasteiger partial charge in [-0.3, -0.25) is 9.78 Å². The van der Waals surface area contributed by atoms with Crippen LogP contribution in [0.1, 0.15) is 41.6 Å². The summed E-state index contributed by atoms with van der Waals surface area (Å²) in [5.74, 6) is -0.123. The van der Waals surface area contributed by atoms with Crippen molar-refractivity contribution in [1.82, 2.24) is 9.88 Å². The van der Waals surface area contributed by atoms with Gasteiger partial charge >= 0.3 is 6.18 Å². The van der Waals surface area contributed by atoms with Crippen molar-refractivity contribution < 1.29 is 23.1 Å². The number of piperidine rings is 1. The lowest BCUT2D eigenvalue weighted by molar-refractivity contribution is -0.137. The summed E-state index contributed by atoms with van der Waals surface area (Å²) in [6.45, 7) is 0.677. The second-order valence-electron chi connectivity index (χ2n) is 6.67. The average Bonchev–Trinajstić information content (AvgIpc) is 2.68. The van der Waals surface area contributed by atoms with Crippen LogP contribution in [0.5, 0.6) is 0 Å². The number of amides is 1. The number of aliphatic hydroxyl groups excluding tert-OH is 1. The molecular weight excluding hydrogens is 357 g/mol. The molecule has 4 nitrogen and oxygen atoms in total. The topological polar surface area (TPSA) is 53.4 Å². The number of pyridine rings is 1. The number of nitrogens with zero attached hydrogens (tertiary/aromatic N) is 2. The summed E-state index contributed by atoms with van der Waals surface area (Å²) >= 11 is 0. The van der Waals surface area contributed by atoms with Gasteiger partial charge in [0.25, 0.3) is 5.91 Å². The highest BCUT2D eigenvalue weighted by Gasteiger charge is 2.31. The molecule has 2 heterocycles. The first-order chi connectivity index (χ1) is 12.9. The Balaban J connectivity index is 1.83. The maximum atomic E-state index is 12.9. The van der Waals surface area contributed by atoms with Gasteiger partial charge in [-0.2, -0.15) is 13.2 Å². The third kappa shape index (κ3) is 4.47. The summed E-state index contributed by atoms with van der Waals surface area (Å²) in [5.41, 5.74) is 0.631. The SMILES string of the molecule is O=C(c1cccc(-c2ccc(C(F)(F)F)cn2)c1)N1CCCC[C@H]1CCO. The summed E-state index contributed by atoms with van der Waals surface area (Å²) in [6, 6.07) is 9.08. The number of alkyl halides is 3. The molecule has 3 rings (SSSR count). The Morgan fingerprint density at radius 2 is 2.04 bits per heavy atom. The standard InChI is InChI=1S/C20H21F3N2O2/c21-20(22,23)16-7-8-18(24-13-16)14-4-3-5-15(12-14)19(27)25-10-2-1-6-17(25)9-11-26/h3-5,7-8,12-13,17,26H,1-2,6,9-11H2/t17-/m0/s1. The molecular formula is C20H21F3N2O2. The summed E-state index contributed by atoms with van der Waals surface area (Å²) < 4.78 is 38.1. The fraction of sp³-hybridized carbons (Fsp3) is 0.400. The van der Waals surface area contributed by atoms with Crippen LogP contribution in [-0.4, -0.2) is 40.1 Å². The van der Waals surface area contributed by atoms with Crippen LogP contribution in [-0.2, 0) is 6.18 Å². The number of rotatable bonds is 4. The van der Waals surface area contributed by atoms with Crippen LogP contribution in [0, 0.1) is 0 Å². The van der Waals surface area contributed by atoms with Crippen molar-refractivity contribution in [2.24, 2.45) is 0 Å². The molecule has 1 aromatic heterocycles. The molecule has 1 aliphatic rings. The molecule has 1 aliphatic heterocycles. The first-order valence-electron chi connectivity index (χ1n) is 8.95. The maximum Gasteiger partial charge on any atom is 0.417 e. The molecule has 144 valence electrons. The largest absolute Gasteiger partial charge is 0.417 e. The van der Waals surface area contributed by atoms with Crippen LogP contribution < -0.4 is 0 Å². The number of benzene rings is 1. The van der Waals surface area contributed by atoms with Crippen molar-refractivity contribution in [3.8, 4) is 11.3 Å². The Hall–Kier alpha value is -2.41. The Labute approximate surface area is 155 Å². The van der Waals surface area contributed by atoms with E-state index in [1.807, 2.05) is 0 Å². The third-order valence-electron chi connectivity index (χ3n) is 4.85. The summed E-state index contributed by atoms with van der Waals surface area (Å²) in [4.78, 5) is 18.6. The summed E-state index contributed by atoms with van der Waals surface area (Å²) in [5, 5.41) is 9.23. The first kappa shape index (κ1) is 19.4. The molecule has 1 atom stereocenters. The van der Waals surface area contributed by atoms with Gasteiger partial charge in [-0.25, -0.2) is 0 Å². The van der Waals surface area contributed by atoms with E-state index in [0.29, 0.717) is 29.8 Å². The molecule has 1 saturated heterocycles. The maximum absolute atomic E-state index is 12.9. The van der Waals surface area contributed by atoms with Gasteiger partial charge in [0.1, 0.15) is 0 Å². The van der Waals surface area contributed by atoms with E-state index in [2.05, 4.69) is 4.98 Å². The van der Waals surface area contributed by atoms with Crippen LogP contribution in [0.2, 0.25) is 0 Å². The monoisotopic (exact) mass is 378 g/mol. The first-order valence-corrected chi connectivity index (χ1v) is 8.95. The average molecular weight is 378 g/mol. The fourth-order valence-electron chi connectivity index (χ4n) is 3.43. The van der Waals surface area contributed by atoms with Gasteiger partial charge < -0.3 is 10.0 Å². The van der Waals surface area contributed by atoms with E-state index in [-0.39, 0.29) is 18.6 Å². The van der Waals surface area contributed by atoms with Gasteiger partial charge in [-0.15, -0.1) is 0 Å². The van der Waals surface area contributed by atoms with Gasteiger partial charge in [-0.05, 0) is 49.9 Å². The van der Waals surface area contributed by atoms with Gasteiger partial charge in [0.2, 0.25) is 0 Å². The number of aliphatic hydroxyl groups is 1. The Bertz CT molecular complexity index is 789. The van der Waals surface area contributed by atoms with Crippen molar-refractivity contribution in [2.75, 3.05) is 13.2 Å². The van der Waals surface area contributed by atoms with E-state index in [1.54, 1.807) is 29.2 Å². The molecule has 0 unspecified atom stereocenters.